The third-order valence-corrected chi connectivity index (χ3v) is 3.63. The lowest BCUT2D eigenvalue weighted by atomic mass is 10.1. The molecular weight excluding hydrogens is 364 g/mol. The first kappa shape index (κ1) is 20.3. The van der Waals surface area contributed by atoms with Crippen molar-refractivity contribution in [2.45, 2.75) is 12.1 Å². The van der Waals surface area contributed by atoms with Crippen molar-refractivity contribution in [3.8, 4) is 0 Å². The van der Waals surface area contributed by atoms with Crippen LogP contribution in [0.25, 0.3) is 20.9 Å². The summed E-state index contributed by atoms with van der Waals surface area (Å²) in [5.41, 5.74) is 18.2. The summed E-state index contributed by atoms with van der Waals surface area (Å²) in [5.74, 6) is -1.25. The Morgan fingerprint density at radius 1 is 0.750 bits per heavy atom. The molecule has 0 aromatic heterocycles. The van der Waals surface area contributed by atoms with Crippen molar-refractivity contribution in [2.24, 2.45) is 10.2 Å². The van der Waals surface area contributed by atoms with Crippen LogP contribution in [-0.2, 0) is 9.47 Å². The number of benzene rings is 2. The summed E-state index contributed by atoms with van der Waals surface area (Å²) in [6.07, 6.45) is 0. The van der Waals surface area contributed by atoms with E-state index in [0.717, 1.165) is 0 Å². The summed E-state index contributed by atoms with van der Waals surface area (Å²) in [4.78, 5) is 29.4. The maximum atomic E-state index is 12.0. The Bertz CT molecular complexity index is 817. The van der Waals surface area contributed by atoms with Gasteiger partial charge in [0, 0.05) is 9.82 Å². The van der Waals surface area contributed by atoms with Crippen LogP contribution in [0.1, 0.15) is 20.7 Å². The average molecular weight is 380 g/mol. The molecule has 10 nitrogen and oxygen atoms in total. The van der Waals surface area contributed by atoms with Gasteiger partial charge in [-0.25, -0.2) is 9.59 Å². The first-order valence-electron chi connectivity index (χ1n) is 8.18. The Balaban J connectivity index is 2.02. The van der Waals surface area contributed by atoms with Gasteiger partial charge in [0.25, 0.3) is 0 Å². The van der Waals surface area contributed by atoms with Gasteiger partial charge in [0.15, 0.2) is 0 Å². The summed E-state index contributed by atoms with van der Waals surface area (Å²) < 4.78 is 10.3. The minimum absolute atomic E-state index is 0.318. The zero-order valence-electron chi connectivity index (χ0n) is 14.7. The molecule has 2 rings (SSSR count). The van der Waals surface area contributed by atoms with Crippen molar-refractivity contribution in [3.05, 3.63) is 92.7 Å². The Labute approximate surface area is 159 Å². The number of carbonyl (C=O) groups excluding carboxylic acids is 2. The van der Waals surface area contributed by atoms with Crippen LogP contribution in [0.5, 0.6) is 0 Å². The Morgan fingerprint density at radius 3 is 1.43 bits per heavy atom. The van der Waals surface area contributed by atoms with Crippen molar-refractivity contribution in [2.75, 3.05) is 13.2 Å². The predicted molar refractivity (Wildman–Crippen MR) is 99.3 cm³/mol. The fraction of sp³-hybridized carbons (Fsp3) is 0.222. The molecule has 28 heavy (non-hydrogen) atoms. The van der Waals surface area contributed by atoms with Crippen molar-refractivity contribution >= 4 is 11.9 Å². The van der Waals surface area contributed by atoms with Crippen molar-refractivity contribution in [1.29, 1.82) is 0 Å². The molecule has 0 fully saturated rings. The van der Waals surface area contributed by atoms with Crippen molar-refractivity contribution < 1.29 is 19.1 Å². The van der Waals surface area contributed by atoms with Gasteiger partial charge < -0.3 is 9.47 Å². The number of azide groups is 2. The highest BCUT2D eigenvalue weighted by molar-refractivity contribution is 5.89. The lowest BCUT2D eigenvalue weighted by Gasteiger charge is -2.19. The van der Waals surface area contributed by atoms with Gasteiger partial charge in [0.1, 0.15) is 13.2 Å². The van der Waals surface area contributed by atoms with Gasteiger partial charge in [-0.3, -0.25) is 0 Å². The second kappa shape index (κ2) is 10.9. The van der Waals surface area contributed by atoms with Crippen LogP contribution in [0, 0.1) is 0 Å². The normalized spacial score (nSPS) is 11.9. The fourth-order valence-corrected chi connectivity index (χ4v) is 2.21. The molecule has 0 spiro atoms. The molecule has 0 saturated heterocycles. The first-order chi connectivity index (χ1) is 13.7. The van der Waals surface area contributed by atoms with Crippen LogP contribution in [0.4, 0.5) is 0 Å². The molecule has 0 saturated carbocycles. The molecule has 0 aliphatic carbocycles. The number of carbonyl (C=O) groups is 2. The van der Waals surface area contributed by atoms with Crippen LogP contribution in [0.2, 0.25) is 0 Å². The molecule has 142 valence electrons. The number of nitrogens with zero attached hydrogens (tertiary/aromatic N) is 6. The summed E-state index contributed by atoms with van der Waals surface area (Å²) in [5, 5.41) is 7.01. The van der Waals surface area contributed by atoms with Crippen LogP contribution in [-0.4, -0.2) is 37.2 Å². The molecule has 0 aliphatic heterocycles. The minimum atomic E-state index is -1.04. The third-order valence-electron chi connectivity index (χ3n) is 3.63. The SMILES string of the molecule is [N-]=[N+]=N[C@H](COC(=O)c1ccccc1)[C@@H](COC(=O)c1ccccc1)N=[N+]=[N-]. The monoisotopic (exact) mass is 380 g/mol. The molecule has 0 radical (unpaired) electrons. The van der Waals surface area contributed by atoms with Gasteiger partial charge in [-0.15, -0.1) is 0 Å². The van der Waals surface area contributed by atoms with E-state index in [1.807, 2.05) is 0 Å². The maximum Gasteiger partial charge on any atom is 0.338 e. The second-order valence-electron chi connectivity index (χ2n) is 5.47. The molecular formula is C18H16N6O4. The molecule has 0 amide bonds. The fourth-order valence-electron chi connectivity index (χ4n) is 2.21. The van der Waals surface area contributed by atoms with Crippen LogP contribution >= 0.6 is 0 Å². The standard InChI is InChI=1S/C18H16N6O4/c19-23-21-15(11-27-17(25)13-7-3-1-4-8-13)16(22-24-20)12-28-18(26)14-9-5-2-6-10-14/h1-10,15-16H,11-12H2/t15-,16-/m1/s1. The summed E-state index contributed by atoms with van der Waals surface area (Å²) >= 11 is 0. The van der Waals surface area contributed by atoms with Crippen LogP contribution in [0.15, 0.2) is 70.9 Å². The van der Waals surface area contributed by atoms with E-state index >= 15 is 0 Å². The summed E-state index contributed by atoms with van der Waals surface area (Å²) in [7, 11) is 0. The van der Waals surface area contributed by atoms with E-state index in [1.165, 1.54) is 0 Å². The highest BCUT2D eigenvalue weighted by Gasteiger charge is 2.23. The smallest absolute Gasteiger partial charge is 0.338 e. The van der Waals surface area contributed by atoms with E-state index in [-0.39, 0.29) is 13.2 Å². The zero-order valence-corrected chi connectivity index (χ0v) is 14.7. The number of hydrogen-bond donors (Lipinski definition) is 0. The lowest BCUT2D eigenvalue weighted by Crippen LogP contribution is -2.33. The van der Waals surface area contributed by atoms with Gasteiger partial charge in [0.05, 0.1) is 23.2 Å². The maximum absolute atomic E-state index is 12.0. The Morgan fingerprint density at radius 2 is 1.11 bits per heavy atom. The number of esters is 2. The van der Waals surface area contributed by atoms with E-state index in [9.17, 15) is 9.59 Å². The van der Waals surface area contributed by atoms with E-state index < -0.39 is 24.0 Å². The average Bonchev–Trinajstić information content (AvgIpc) is 2.75. The quantitative estimate of drug-likeness (QED) is 0.279. The van der Waals surface area contributed by atoms with Gasteiger partial charge in [-0.05, 0) is 35.3 Å². The number of hydrogen-bond acceptors (Lipinski definition) is 6. The first-order valence-corrected chi connectivity index (χ1v) is 8.18. The van der Waals surface area contributed by atoms with Gasteiger partial charge >= 0.3 is 11.9 Å². The second-order valence-corrected chi connectivity index (χ2v) is 5.47. The Hall–Kier alpha value is -4.00. The molecule has 0 heterocycles. The van der Waals surface area contributed by atoms with E-state index in [2.05, 4.69) is 20.1 Å². The largest absolute Gasteiger partial charge is 0.462 e. The molecule has 2 atom stereocenters. The number of rotatable bonds is 9. The molecule has 0 N–H and O–H groups in total. The van der Waals surface area contributed by atoms with Crippen LogP contribution in [0.3, 0.4) is 0 Å². The van der Waals surface area contributed by atoms with Crippen molar-refractivity contribution in [3.63, 3.8) is 0 Å². The topological polar surface area (TPSA) is 150 Å². The van der Waals surface area contributed by atoms with Crippen molar-refractivity contribution in [1.82, 2.24) is 0 Å². The van der Waals surface area contributed by atoms with Crippen LogP contribution < -0.4 is 0 Å². The Kier molecular flexibility index (Phi) is 7.89. The predicted octanol–water partition coefficient (Wildman–Crippen LogP) is 4.06. The third kappa shape index (κ3) is 6.06. The highest BCUT2D eigenvalue weighted by Crippen LogP contribution is 2.11. The molecule has 0 aliphatic rings. The minimum Gasteiger partial charge on any atom is -0.462 e. The molecule has 0 unspecified atom stereocenters. The lowest BCUT2D eigenvalue weighted by molar-refractivity contribution is 0.0382. The molecule has 2 aromatic rings. The highest BCUT2D eigenvalue weighted by atomic mass is 16.5. The van der Waals surface area contributed by atoms with E-state index in [1.54, 1.807) is 60.7 Å². The summed E-state index contributed by atoms with van der Waals surface area (Å²) in [6.45, 7) is -0.686. The molecule has 10 heteroatoms. The molecule has 0 bridgehead atoms. The summed E-state index contributed by atoms with van der Waals surface area (Å²) in [6, 6.07) is 14.4. The van der Waals surface area contributed by atoms with Gasteiger partial charge in [-0.2, -0.15) is 0 Å². The van der Waals surface area contributed by atoms with E-state index in [4.69, 9.17) is 20.5 Å². The van der Waals surface area contributed by atoms with E-state index in [0.29, 0.717) is 11.1 Å². The van der Waals surface area contributed by atoms with Gasteiger partial charge in [0.2, 0.25) is 0 Å². The number of ether oxygens (including phenoxy) is 2. The molecule has 2 aromatic carbocycles. The van der Waals surface area contributed by atoms with Gasteiger partial charge in [-0.1, -0.05) is 46.6 Å². The zero-order chi connectivity index (χ0) is 20.2.